The molecule has 0 spiro atoms. The van der Waals surface area contributed by atoms with Crippen molar-refractivity contribution in [1.29, 1.82) is 5.26 Å². The van der Waals surface area contributed by atoms with Crippen LogP contribution < -0.4 is 4.74 Å². The summed E-state index contributed by atoms with van der Waals surface area (Å²) in [4.78, 5) is 1.44. The van der Waals surface area contributed by atoms with Crippen LogP contribution in [0.4, 0.5) is 0 Å². The molecule has 0 radical (unpaired) electrons. The Morgan fingerprint density at radius 3 is 2.73 bits per heavy atom. The number of nitrogens with zero attached hydrogens (tertiary/aromatic N) is 5. The third-order valence-corrected chi connectivity index (χ3v) is 3.26. The number of hydrogen-bond donors (Lipinski definition) is 0. The van der Waals surface area contributed by atoms with Crippen molar-refractivity contribution in [2.75, 3.05) is 6.61 Å². The van der Waals surface area contributed by atoms with Crippen molar-refractivity contribution in [3.63, 3.8) is 0 Å². The van der Waals surface area contributed by atoms with Crippen LogP contribution in [0.2, 0.25) is 0 Å². The van der Waals surface area contributed by atoms with E-state index in [-0.39, 0.29) is 0 Å². The van der Waals surface area contributed by atoms with Gasteiger partial charge in [0.25, 0.3) is 0 Å². The highest BCUT2D eigenvalue weighted by Crippen LogP contribution is 2.19. The lowest BCUT2D eigenvalue weighted by atomic mass is 10.2. The molecule has 0 fully saturated rings. The van der Waals surface area contributed by atoms with Gasteiger partial charge in [-0.05, 0) is 35.9 Å². The molecule has 1 aromatic heterocycles. The SMILES string of the molecule is CCCCCCOc1ccc(-c2nnn(CCC#N)n2)cc1. The molecule has 0 aliphatic rings. The Bertz CT molecular complexity index is 600. The fourth-order valence-electron chi connectivity index (χ4n) is 2.02. The molecule has 22 heavy (non-hydrogen) atoms. The van der Waals surface area contributed by atoms with Crippen molar-refractivity contribution in [3.05, 3.63) is 24.3 Å². The van der Waals surface area contributed by atoms with Crippen molar-refractivity contribution in [2.45, 2.75) is 45.6 Å². The highest BCUT2D eigenvalue weighted by molar-refractivity contribution is 5.55. The van der Waals surface area contributed by atoms with Gasteiger partial charge in [0.2, 0.25) is 5.82 Å². The normalized spacial score (nSPS) is 10.4. The number of benzene rings is 1. The van der Waals surface area contributed by atoms with Gasteiger partial charge >= 0.3 is 0 Å². The first-order chi connectivity index (χ1) is 10.8. The van der Waals surface area contributed by atoms with Crippen LogP contribution in [-0.2, 0) is 6.54 Å². The summed E-state index contributed by atoms with van der Waals surface area (Å²) in [6, 6.07) is 9.75. The topological polar surface area (TPSA) is 76.6 Å². The van der Waals surface area contributed by atoms with Gasteiger partial charge < -0.3 is 4.74 Å². The number of aryl methyl sites for hydroxylation is 1. The second kappa shape index (κ2) is 8.78. The number of hydrogen-bond acceptors (Lipinski definition) is 5. The molecule has 6 nitrogen and oxygen atoms in total. The lowest BCUT2D eigenvalue weighted by molar-refractivity contribution is 0.305. The smallest absolute Gasteiger partial charge is 0.204 e. The third-order valence-electron chi connectivity index (χ3n) is 3.26. The minimum atomic E-state index is 0.376. The Kier molecular flexibility index (Phi) is 6.37. The summed E-state index contributed by atoms with van der Waals surface area (Å²) in [5.41, 5.74) is 0.890. The first-order valence-electron chi connectivity index (χ1n) is 7.71. The number of unbranched alkanes of at least 4 members (excludes halogenated alkanes) is 3. The van der Waals surface area contributed by atoms with Gasteiger partial charge in [-0.15, -0.1) is 10.2 Å². The molecule has 1 aromatic carbocycles. The molecular weight excluding hydrogens is 278 g/mol. The van der Waals surface area contributed by atoms with Crippen LogP contribution >= 0.6 is 0 Å². The molecule has 0 saturated carbocycles. The quantitative estimate of drug-likeness (QED) is 0.664. The van der Waals surface area contributed by atoms with Gasteiger partial charge in [-0.2, -0.15) is 10.1 Å². The largest absolute Gasteiger partial charge is 0.494 e. The first-order valence-corrected chi connectivity index (χ1v) is 7.71. The van der Waals surface area contributed by atoms with Gasteiger partial charge in [0, 0.05) is 5.56 Å². The van der Waals surface area contributed by atoms with Gasteiger partial charge in [-0.3, -0.25) is 0 Å². The number of nitriles is 1. The molecule has 0 amide bonds. The van der Waals surface area contributed by atoms with E-state index in [9.17, 15) is 0 Å². The zero-order valence-electron chi connectivity index (χ0n) is 12.9. The van der Waals surface area contributed by atoms with E-state index in [2.05, 4.69) is 28.4 Å². The van der Waals surface area contributed by atoms with Crippen molar-refractivity contribution in [1.82, 2.24) is 20.2 Å². The Morgan fingerprint density at radius 2 is 2.00 bits per heavy atom. The Balaban J connectivity index is 1.86. The van der Waals surface area contributed by atoms with Gasteiger partial charge in [-0.1, -0.05) is 26.2 Å². The Hall–Kier alpha value is -2.42. The van der Waals surface area contributed by atoms with Crippen molar-refractivity contribution in [2.24, 2.45) is 0 Å². The molecular formula is C16H21N5O. The summed E-state index contributed by atoms with van der Waals surface area (Å²) in [6.07, 6.45) is 5.17. The lowest BCUT2D eigenvalue weighted by Gasteiger charge is -2.06. The van der Waals surface area contributed by atoms with Gasteiger partial charge in [0.05, 0.1) is 25.6 Å². The van der Waals surface area contributed by atoms with Gasteiger partial charge in [0.1, 0.15) is 5.75 Å². The fraction of sp³-hybridized carbons (Fsp3) is 0.500. The van der Waals surface area contributed by atoms with Crippen LogP contribution in [0, 0.1) is 11.3 Å². The van der Waals surface area contributed by atoms with Crippen molar-refractivity contribution < 1.29 is 4.74 Å². The van der Waals surface area contributed by atoms with Gasteiger partial charge in [0.15, 0.2) is 0 Å². The van der Waals surface area contributed by atoms with Gasteiger partial charge in [-0.25, -0.2) is 0 Å². The molecule has 0 atom stereocenters. The molecule has 0 aliphatic carbocycles. The minimum absolute atomic E-state index is 0.376. The monoisotopic (exact) mass is 299 g/mol. The molecule has 2 aromatic rings. The van der Waals surface area contributed by atoms with Crippen LogP contribution in [0.3, 0.4) is 0 Å². The molecule has 6 heteroatoms. The number of aromatic nitrogens is 4. The van der Waals surface area contributed by atoms with E-state index >= 15 is 0 Å². The minimum Gasteiger partial charge on any atom is -0.494 e. The number of tetrazole rings is 1. The predicted molar refractivity (Wildman–Crippen MR) is 83.1 cm³/mol. The molecule has 1 heterocycles. The van der Waals surface area contributed by atoms with Crippen molar-refractivity contribution >= 4 is 0 Å². The first kappa shape index (κ1) is 16.0. The third kappa shape index (κ3) is 4.85. The fourth-order valence-corrected chi connectivity index (χ4v) is 2.02. The maximum atomic E-state index is 8.55. The van der Waals surface area contributed by atoms with Crippen LogP contribution in [0.15, 0.2) is 24.3 Å². The summed E-state index contributed by atoms with van der Waals surface area (Å²) in [7, 11) is 0. The molecule has 0 aliphatic heterocycles. The average Bonchev–Trinajstić information content (AvgIpc) is 3.02. The maximum absolute atomic E-state index is 8.55. The summed E-state index contributed by atoms with van der Waals surface area (Å²) in [5.74, 6) is 1.42. The summed E-state index contributed by atoms with van der Waals surface area (Å²) >= 11 is 0. The van der Waals surface area contributed by atoms with Crippen molar-refractivity contribution in [3.8, 4) is 23.2 Å². The molecule has 0 unspecified atom stereocenters. The second-order valence-corrected chi connectivity index (χ2v) is 5.05. The van der Waals surface area contributed by atoms with E-state index in [4.69, 9.17) is 10.00 Å². The molecule has 2 rings (SSSR count). The lowest BCUT2D eigenvalue weighted by Crippen LogP contribution is -2.01. The predicted octanol–water partition coefficient (Wildman–Crippen LogP) is 3.21. The van der Waals surface area contributed by atoms with E-state index in [1.807, 2.05) is 24.3 Å². The average molecular weight is 299 g/mol. The zero-order chi connectivity index (χ0) is 15.6. The van der Waals surface area contributed by atoms with Crippen LogP contribution in [-0.4, -0.2) is 26.8 Å². The molecule has 0 saturated heterocycles. The van der Waals surface area contributed by atoms with Crippen LogP contribution in [0.1, 0.15) is 39.0 Å². The number of rotatable bonds is 9. The standard InChI is InChI=1S/C16H21N5O/c1-2-3-4-5-13-22-15-9-7-14(8-10-15)16-18-20-21(19-16)12-6-11-17/h7-10H,2-6,12-13H2,1H3. The highest BCUT2D eigenvalue weighted by atomic mass is 16.5. The summed E-state index contributed by atoms with van der Waals surface area (Å²) < 4.78 is 5.70. The van der Waals surface area contributed by atoms with E-state index in [0.717, 1.165) is 24.3 Å². The second-order valence-electron chi connectivity index (χ2n) is 5.05. The highest BCUT2D eigenvalue weighted by Gasteiger charge is 2.06. The maximum Gasteiger partial charge on any atom is 0.204 e. The Morgan fingerprint density at radius 1 is 1.18 bits per heavy atom. The molecule has 0 bridgehead atoms. The summed E-state index contributed by atoms with van der Waals surface area (Å²) in [6.45, 7) is 3.41. The van der Waals surface area contributed by atoms with E-state index in [0.29, 0.717) is 18.8 Å². The summed E-state index contributed by atoms with van der Waals surface area (Å²) in [5, 5.41) is 20.7. The van der Waals surface area contributed by atoms with Crippen LogP contribution in [0.5, 0.6) is 5.75 Å². The molecule has 116 valence electrons. The number of ether oxygens (including phenoxy) is 1. The van der Waals surface area contributed by atoms with Crippen LogP contribution in [0.25, 0.3) is 11.4 Å². The van der Waals surface area contributed by atoms with E-state index < -0.39 is 0 Å². The Labute approximate surface area is 130 Å². The van der Waals surface area contributed by atoms with E-state index in [1.54, 1.807) is 0 Å². The molecule has 0 N–H and O–H groups in total. The van der Waals surface area contributed by atoms with E-state index in [1.165, 1.54) is 24.1 Å². The zero-order valence-corrected chi connectivity index (χ0v) is 12.9.